The van der Waals surface area contributed by atoms with Crippen LogP contribution in [-0.4, -0.2) is 73.0 Å². The topological polar surface area (TPSA) is 115 Å². The van der Waals surface area contributed by atoms with Gasteiger partial charge in [0.05, 0.1) is 44.6 Å². The van der Waals surface area contributed by atoms with Crippen molar-refractivity contribution >= 4 is 5.97 Å². The molecule has 0 aromatic heterocycles. The highest BCUT2D eigenvalue weighted by Crippen LogP contribution is 2.44. The Morgan fingerprint density at radius 2 is 1.36 bits per heavy atom. The van der Waals surface area contributed by atoms with Crippen LogP contribution in [0.15, 0.2) is 11.1 Å². The summed E-state index contributed by atoms with van der Waals surface area (Å²) >= 11 is 0. The maximum Gasteiger partial charge on any atom is 0.331 e. The number of hydrogen-bond donors (Lipinski definition) is 3. The van der Waals surface area contributed by atoms with E-state index in [1.807, 2.05) is 27.7 Å². The van der Waals surface area contributed by atoms with Crippen molar-refractivity contribution in [2.75, 3.05) is 33.0 Å². The highest BCUT2D eigenvalue weighted by molar-refractivity contribution is 5.86. The summed E-state index contributed by atoms with van der Waals surface area (Å²) in [6.07, 6.45) is -1.89. The fourth-order valence-corrected chi connectivity index (χ4v) is 3.37. The maximum atomic E-state index is 11.5. The maximum absolute atomic E-state index is 11.5. The number of carbonyl (C=O) groups is 1. The number of aliphatic hydroxyl groups excluding tert-OH is 2. The first-order valence-electron chi connectivity index (χ1n) is 9.53. The predicted octanol–water partition coefficient (Wildman–Crippen LogP) is 1.55. The third-order valence-corrected chi connectivity index (χ3v) is 5.78. The van der Waals surface area contributed by atoms with Gasteiger partial charge < -0.3 is 34.3 Å². The average Bonchev–Trinajstić information content (AvgIpc) is 2.67. The summed E-state index contributed by atoms with van der Waals surface area (Å²) < 4.78 is 24.0. The van der Waals surface area contributed by atoms with Crippen molar-refractivity contribution in [3.8, 4) is 0 Å². The zero-order chi connectivity index (χ0) is 21.3. The van der Waals surface area contributed by atoms with Gasteiger partial charge >= 0.3 is 5.97 Å². The number of aliphatic carboxylic acids is 1. The molecule has 2 rings (SSSR count). The van der Waals surface area contributed by atoms with Crippen molar-refractivity contribution in [3.63, 3.8) is 0 Å². The molecule has 2 heterocycles. The minimum atomic E-state index is -1.02. The van der Waals surface area contributed by atoms with Crippen LogP contribution < -0.4 is 0 Å². The monoisotopic (exact) mass is 402 g/mol. The first-order valence-corrected chi connectivity index (χ1v) is 9.53. The van der Waals surface area contributed by atoms with Crippen LogP contribution in [0.4, 0.5) is 0 Å². The van der Waals surface area contributed by atoms with Gasteiger partial charge in [-0.3, -0.25) is 0 Å². The smallest absolute Gasteiger partial charge is 0.331 e. The van der Waals surface area contributed by atoms with Crippen molar-refractivity contribution in [2.45, 2.75) is 60.2 Å². The van der Waals surface area contributed by atoms with Crippen LogP contribution >= 0.6 is 0 Å². The van der Waals surface area contributed by atoms with Crippen LogP contribution in [0.2, 0.25) is 0 Å². The molecule has 0 bridgehead atoms. The van der Waals surface area contributed by atoms with Gasteiger partial charge in [0.2, 0.25) is 0 Å². The molecular formula is C20H34O8. The van der Waals surface area contributed by atoms with Crippen molar-refractivity contribution in [1.29, 1.82) is 0 Å². The molecule has 28 heavy (non-hydrogen) atoms. The normalized spacial score (nSPS) is 32.9. The predicted molar refractivity (Wildman–Crippen MR) is 100 cm³/mol. The third kappa shape index (κ3) is 4.42. The van der Waals surface area contributed by atoms with Crippen molar-refractivity contribution in [1.82, 2.24) is 0 Å². The number of aliphatic hydroxyl groups is 2. The molecule has 0 radical (unpaired) electrons. The molecule has 162 valence electrons. The molecule has 2 atom stereocenters. The minimum Gasteiger partial charge on any atom is -0.478 e. The van der Waals surface area contributed by atoms with Gasteiger partial charge in [0, 0.05) is 16.4 Å². The standard InChI is InChI=1S/C20H34O8/c1-12(13(2)15(23)24)14-20(11-27-17(28-14)19(5,6)8-22)9-25-16(26-10-20)18(3,4)7-21/h14,16-17,21-22H,7-11H2,1-6H3,(H,23,24). The molecule has 8 nitrogen and oxygen atoms in total. The summed E-state index contributed by atoms with van der Waals surface area (Å²) in [5.74, 6) is -1.02. The van der Waals surface area contributed by atoms with Gasteiger partial charge in [-0.2, -0.15) is 0 Å². The van der Waals surface area contributed by atoms with Crippen LogP contribution in [0, 0.1) is 16.2 Å². The summed E-state index contributed by atoms with van der Waals surface area (Å²) in [6, 6.07) is 0. The Labute approximate surface area is 166 Å². The molecule has 0 aromatic rings. The lowest BCUT2D eigenvalue weighted by molar-refractivity contribution is -0.353. The second-order valence-corrected chi connectivity index (χ2v) is 9.38. The van der Waals surface area contributed by atoms with Gasteiger partial charge in [-0.05, 0) is 19.4 Å². The van der Waals surface area contributed by atoms with Crippen LogP contribution in [0.25, 0.3) is 0 Å². The zero-order valence-electron chi connectivity index (χ0n) is 17.7. The van der Waals surface area contributed by atoms with Gasteiger partial charge in [0.25, 0.3) is 0 Å². The van der Waals surface area contributed by atoms with E-state index in [2.05, 4.69) is 0 Å². The van der Waals surface area contributed by atoms with Crippen LogP contribution in [0.3, 0.4) is 0 Å². The summed E-state index contributed by atoms with van der Waals surface area (Å²) in [6.45, 7) is 11.1. The fourth-order valence-electron chi connectivity index (χ4n) is 3.37. The minimum absolute atomic E-state index is 0.0923. The van der Waals surface area contributed by atoms with Crippen molar-refractivity contribution in [2.24, 2.45) is 16.2 Å². The SMILES string of the molecule is CC(C(=O)O)=C(C)C1OC(C(C)(C)CO)OCC12COC(C(C)(C)CO)OC2. The Hall–Kier alpha value is -1.03. The second-order valence-electron chi connectivity index (χ2n) is 9.38. The zero-order valence-corrected chi connectivity index (χ0v) is 17.7. The van der Waals surface area contributed by atoms with E-state index < -0.39 is 40.9 Å². The number of rotatable bonds is 6. The molecule has 3 N–H and O–H groups in total. The molecule has 0 aliphatic carbocycles. The lowest BCUT2D eigenvalue weighted by Crippen LogP contribution is -2.61. The first-order chi connectivity index (χ1) is 12.9. The summed E-state index contributed by atoms with van der Waals surface area (Å²) in [7, 11) is 0. The number of ether oxygens (including phenoxy) is 4. The third-order valence-electron chi connectivity index (χ3n) is 5.78. The van der Waals surface area contributed by atoms with E-state index in [0.29, 0.717) is 5.57 Å². The quantitative estimate of drug-likeness (QED) is 0.573. The van der Waals surface area contributed by atoms with Crippen molar-refractivity contribution in [3.05, 3.63) is 11.1 Å². The summed E-state index contributed by atoms with van der Waals surface area (Å²) in [4.78, 5) is 11.5. The Morgan fingerprint density at radius 3 is 1.79 bits per heavy atom. The van der Waals surface area contributed by atoms with E-state index >= 15 is 0 Å². The second kappa shape index (κ2) is 8.38. The Morgan fingerprint density at radius 1 is 0.929 bits per heavy atom. The van der Waals surface area contributed by atoms with Crippen LogP contribution in [-0.2, 0) is 23.7 Å². The lowest BCUT2D eigenvalue weighted by atomic mass is 9.77. The van der Waals surface area contributed by atoms with Gasteiger partial charge in [0.1, 0.15) is 0 Å². The van der Waals surface area contributed by atoms with Crippen LogP contribution in [0.1, 0.15) is 41.5 Å². The first kappa shape index (κ1) is 23.3. The van der Waals surface area contributed by atoms with E-state index in [4.69, 9.17) is 18.9 Å². The molecule has 0 saturated carbocycles. The molecular weight excluding hydrogens is 368 g/mol. The molecule has 2 aliphatic heterocycles. The summed E-state index contributed by atoms with van der Waals surface area (Å²) in [5, 5.41) is 28.7. The van der Waals surface area contributed by atoms with E-state index in [9.17, 15) is 20.1 Å². The number of hydrogen-bond acceptors (Lipinski definition) is 7. The Kier molecular flexibility index (Phi) is 6.95. The number of carboxylic acid groups (broad SMARTS) is 1. The molecule has 2 aliphatic rings. The van der Waals surface area contributed by atoms with Gasteiger partial charge in [-0.15, -0.1) is 0 Å². The fraction of sp³-hybridized carbons (Fsp3) is 0.850. The highest BCUT2D eigenvalue weighted by atomic mass is 16.7. The lowest BCUT2D eigenvalue weighted by Gasteiger charge is -2.52. The van der Waals surface area contributed by atoms with E-state index in [-0.39, 0.29) is 38.6 Å². The average molecular weight is 402 g/mol. The molecule has 8 heteroatoms. The largest absolute Gasteiger partial charge is 0.478 e. The number of carboxylic acids is 1. The molecule has 2 unspecified atom stereocenters. The van der Waals surface area contributed by atoms with Crippen LogP contribution in [0.5, 0.6) is 0 Å². The van der Waals surface area contributed by atoms with E-state index in [0.717, 1.165) is 0 Å². The highest BCUT2D eigenvalue weighted by Gasteiger charge is 2.53. The Balaban J connectivity index is 2.33. The Bertz CT molecular complexity index is 593. The molecule has 2 saturated heterocycles. The van der Waals surface area contributed by atoms with Crippen molar-refractivity contribution < 1.29 is 39.1 Å². The molecule has 0 aromatic carbocycles. The summed E-state index contributed by atoms with van der Waals surface area (Å²) in [5.41, 5.74) is -1.18. The van der Waals surface area contributed by atoms with Gasteiger partial charge in [0.15, 0.2) is 12.6 Å². The molecule has 1 spiro atoms. The molecule has 2 fully saturated rings. The molecule has 0 amide bonds. The van der Waals surface area contributed by atoms with E-state index in [1.54, 1.807) is 13.8 Å². The van der Waals surface area contributed by atoms with E-state index in [1.165, 1.54) is 0 Å². The van der Waals surface area contributed by atoms with Gasteiger partial charge in [-0.25, -0.2) is 4.79 Å². The van der Waals surface area contributed by atoms with Gasteiger partial charge in [-0.1, -0.05) is 27.7 Å².